The Hall–Kier alpha value is -1.75. The molecule has 1 amide bonds. The van der Waals surface area contributed by atoms with Crippen molar-refractivity contribution in [1.82, 2.24) is 5.32 Å². The topological polar surface area (TPSA) is 84.6 Å². The van der Waals surface area contributed by atoms with E-state index in [-0.39, 0.29) is 25.2 Å². The van der Waals surface area contributed by atoms with Crippen LogP contribution in [0.1, 0.15) is 13.3 Å². The molecule has 0 fully saturated rings. The van der Waals surface area contributed by atoms with E-state index in [1.165, 1.54) is 0 Å². The number of amides is 1. The van der Waals surface area contributed by atoms with Crippen LogP contribution < -0.4 is 15.8 Å². The molecular formula is C12H18N2O3. The number of nitrogens with one attached hydrogen (secondary N) is 1. The van der Waals surface area contributed by atoms with Crippen molar-refractivity contribution < 1.29 is 14.6 Å². The quantitative estimate of drug-likeness (QED) is 0.631. The van der Waals surface area contributed by atoms with Crippen molar-refractivity contribution in [3.63, 3.8) is 0 Å². The molecule has 17 heavy (non-hydrogen) atoms. The van der Waals surface area contributed by atoms with Crippen molar-refractivity contribution in [2.24, 2.45) is 0 Å². The van der Waals surface area contributed by atoms with Crippen LogP contribution in [0.3, 0.4) is 0 Å². The van der Waals surface area contributed by atoms with E-state index < -0.39 is 0 Å². The number of carbonyl (C=O) groups excluding carboxylic acids is 1. The Kier molecular flexibility index (Phi) is 5.29. The first-order chi connectivity index (χ1) is 8.17. The summed E-state index contributed by atoms with van der Waals surface area (Å²) in [5, 5.41) is 11.6. The second kappa shape index (κ2) is 6.75. The van der Waals surface area contributed by atoms with Gasteiger partial charge in [0.2, 0.25) is 0 Å². The normalized spacial score (nSPS) is 11.9. The fourth-order valence-electron chi connectivity index (χ4n) is 1.30. The molecule has 0 aromatic heterocycles. The minimum atomic E-state index is -0.269. The summed E-state index contributed by atoms with van der Waals surface area (Å²) in [5.41, 5.74) is 6.16. The number of aliphatic hydroxyl groups is 1. The number of benzene rings is 1. The smallest absolute Gasteiger partial charge is 0.258 e. The van der Waals surface area contributed by atoms with Crippen LogP contribution in [0.25, 0.3) is 0 Å². The standard InChI is InChI=1S/C12H18N2O3/c1-2-9(7-15)14-12(16)8-17-11-6-4-3-5-10(11)13/h3-6,9,15H,2,7-8,13H2,1H3,(H,14,16)/t9-/m1/s1. The Morgan fingerprint density at radius 2 is 2.24 bits per heavy atom. The average Bonchev–Trinajstić information content (AvgIpc) is 2.35. The molecule has 1 aromatic rings. The number of nitrogen functional groups attached to an aromatic ring is 1. The van der Waals surface area contributed by atoms with Crippen molar-refractivity contribution in [2.45, 2.75) is 19.4 Å². The monoisotopic (exact) mass is 238 g/mol. The van der Waals surface area contributed by atoms with Gasteiger partial charge in [-0.3, -0.25) is 4.79 Å². The van der Waals surface area contributed by atoms with E-state index in [4.69, 9.17) is 15.6 Å². The maximum absolute atomic E-state index is 11.5. The molecule has 1 aromatic carbocycles. The van der Waals surface area contributed by atoms with Crippen LogP contribution in [0.2, 0.25) is 0 Å². The summed E-state index contributed by atoms with van der Waals surface area (Å²) in [5.74, 6) is 0.217. The number of aliphatic hydroxyl groups excluding tert-OH is 1. The van der Waals surface area contributed by atoms with E-state index in [9.17, 15) is 4.79 Å². The zero-order valence-electron chi connectivity index (χ0n) is 9.85. The van der Waals surface area contributed by atoms with E-state index >= 15 is 0 Å². The molecule has 0 aliphatic rings. The molecule has 0 spiro atoms. The van der Waals surface area contributed by atoms with Gasteiger partial charge in [-0.2, -0.15) is 0 Å². The van der Waals surface area contributed by atoms with Gasteiger partial charge < -0.3 is 20.9 Å². The Labute approximate surface area is 101 Å². The van der Waals surface area contributed by atoms with Crippen molar-refractivity contribution in [1.29, 1.82) is 0 Å². The summed E-state index contributed by atoms with van der Waals surface area (Å²) in [6.45, 7) is 1.71. The number of ether oxygens (including phenoxy) is 1. The van der Waals surface area contributed by atoms with Gasteiger partial charge in [0.15, 0.2) is 6.61 Å². The van der Waals surface area contributed by atoms with Gasteiger partial charge in [-0.05, 0) is 18.6 Å². The first kappa shape index (κ1) is 13.3. The highest BCUT2D eigenvalue weighted by atomic mass is 16.5. The highest BCUT2D eigenvalue weighted by molar-refractivity contribution is 5.78. The fraction of sp³-hybridized carbons (Fsp3) is 0.417. The summed E-state index contributed by atoms with van der Waals surface area (Å²) in [7, 11) is 0. The maximum atomic E-state index is 11.5. The lowest BCUT2D eigenvalue weighted by Crippen LogP contribution is -2.39. The fourth-order valence-corrected chi connectivity index (χ4v) is 1.30. The Morgan fingerprint density at radius 3 is 2.82 bits per heavy atom. The molecule has 4 N–H and O–H groups in total. The third kappa shape index (κ3) is 4.32. The van der Waals surface area contributed by atoms with Gasteiger partial charge in [0.1, 0.15) is 5.75 Å². The number of hydrogen-bond donors (Lipinski definition) is 3. The van der Waals surface area contributed by atoms with Crippen molar-refractivity contribution in [3.8, 4) is 5.75 Å². The number of para-hydroxylation sites is 2. The average molecular weight is 238 g/mol. The Balaban J connectivity index is 2.41. The van der Waals surface area contributed by atoms with E-state index in [0.29, 0.717) is 17.9 Å². The van der Waals surface area contributed by atoms with Gasteiger partial charge in [0.05, 0.1) is 18.3 Å². The van der Waals surface area contributed by atoms with Crippen LogP contribution in [-0.4, -0.2) is 30.3 Å². The van der Waals surface area contributed by atoms with Gasteiger partial charge in [-0.1, -0.05) is 19.1 Å². The summed E-state index contributed by atoms with van der Waals surface area (Å²) >= 11 is 0. The van der Waals surface area contributed by atoms with Gasteiger partial charge in [0, 0.05) is 0 Å². The van der Waals surface area contributed by atoms with Gasteiger partial charge in [-0.25, -0.2) is 0 Å². The lowest BCUT2D eigenvalue weighted by Gasteiger charge is -2.14. The summed E-state index contributed by atoms with van der Waals surface area (Å²) in [4.78, 5) is 11.5. The molecule has 5 nitrogen and oxygen atoms in total. The lowest BCUT2D eigenvalue weighted by molar-refractivity contribution is -0.124. The number of rotatable bonds is 6. The minimum absolute atomic E-state index is 0.0737. The molecule has 94 valence electrons. The van der Waals surface area contributed by atoms with Crippen LogP contribution in [0.15, 0.2) is 24.3 Å². The molecule has 1 atom stereocenters. The van der Waals surface area contributed by atoms with E-state index in [2.05, 4.69) is 5.32 Å². The predicted octanol–water partition coefficient (Wildman–Crippen LogP) is 0.535. The molecule has 0 aliphatic carbocycles. The number of hydrogen-bond acceptors (Lipinski definition) is 4. The molecule has 0 saturated heterocycles. The molecule has 0 radical (unpaired) electrons. The van der Waals surface area contributed by atoms with E-state index in [1.807, 2.05) is 6.92 Å². The largest absolute Gasteiger partial charge is 0.482 e. The molecule has 0 aliphatic heterocycles. The zero-order valence-corrected chi connectivity index (χ0v) is 9.85. The van der Waals surface area contributed by atoms with Crippen molar-refractivity contribution >= 4 is 11.6 Å². The third-order valence-electron chi connectivity index (χ3n) is 2.36. The van der Waals surface area contributed by atoms with Crippen molar-refractivity contribution in [3.05, 3.63) is 24.3 Å². The molecule has 5 heteroatoms. The minimum Gasteiger partial charge on any atom is -0.482 e. The molecule has 0 bridgehead atoms. The first-order valence-electron chi connectivity index (χ1n) is 5.55. The number of carbonyl (C=O) groups is 1. The van der Waals surface area contributed by atoms with Crippen LogP contribution in [0.4, 0.5) is 5.69 Å². The predicted molar refractivity (Wildman–Crippen MR) is 65.7 cm³/mol. The Morgan fingerprint density at radius 1 is 1.53 bits per heavy atom. The number of nitrogens with two attached hydrogens (primary N) is 1. The van der Waals surface area contributed by atoms with E-state index in [1.54, 1.807) is 24.3 Å². The molecule has 0 unspecified atom stereocenters. The molecule has 0 saturated carbocycles. The van der Waals surface area contributed by atoms with Gasteiger partial charge in [0.25, 0.3) is 5.91 Å². The van der Waals surface area contributed by atoms with Crippen LogP contribution in [0, 0.1) is 0 Å². The highest BCUT2D eigenvalue weighted by Gasteiger charge is 2.10. The second-order valence-electron chi connectivity index (χ2n) is 3.68. The SMILES string of the molecule is CC[C@H](CO)NC(=O)COc1ccccc1N. The molecule has 1 rings (SSSR count). The summed E-state index contributed by atoms with van der Waals surface area (Å²) in [6.07, 6.45) is 0.676. The first-order valence-corrected chi connectivity index (χ1v) is 5.55. The zero-order chi connectivity index (χ0) is 12.7. The maximum Gasteiger partial charge on any atom is 0.258 e. The molecular weight excluding hydrogens is 220 g/mol. The van der Waals surface area contributed by atoms with Gasteiger partial charge >= 0.3 is 0 Å². The second-order valence-corrected chi connectivity index (χ2v) is 3.68. The van der Waals surface area contributed by atoms with E-state index in [0.717, 1.165) is 0 Å². The van der Waals surface area contributed by atoms with Crippen LogP contribution in [0.5, 0.6) is 5.75 Å². The number of anilines is 1. The van der Waals surface area contributed by atoms with Crippen molar-refractivity contribution in [2.75, 3.05) is 18.9 Å². The molecule has 0 heterocycles. The van der Waals surface area contributed by atoms with Gasteiger partial charge in [-0.15, -0.1) is 0 Å². The summed E-state index contributed by atoms with van der Waals surface area (Å²) < 4.78 is 5.27. The summed E-state index contributed by atoms with van der Waals surface area (Å²) in [6, 6.07) is 6.76. The highest BCUT2D eigenvalue weighted by Crippen LogP contribution is 2.19. The Bertz CT molecular complexity index is 365. The lowest BCUT2D eigenvalue weighted by atomic mass is 10.2. The third-order valence-corrected chi connectivity index (χ3v) is 2.36. The van der Waals surface area contributed by atoms with Crippen LogP contribution >= 0.6 is 0 Å². The van der Waals surface area contributed by atoms with Crippen LogP contribution in [-0.2, 0) is 4.79 Å².